The molecule has 0 heterocycles. The van der Waals surface area contributed by atoms with Crippen molar-refractivity contribution in [3.05, 3.63) is 140 Å². The molecule has 0 spiro atoms. The molecule has 4 aromatic carbocycles. The number of nitrogens with one attached hydrogen (secondary N) is 2. The number of carbonyl (C=O) groups is 5. The molecule has 0 unspecified atom stereocenters. The van der Waals surface area contributed by atoms with Crippen molar-refractivity contribution in [2.45, 2.75) is 212 Å². The van der Waals surface area contributed by atoms with Gasteiger partial charge in [0.25, 0.3) is 0 Å². The third-order valence-corrected chi connectivity index (χ3v) is 20.2. The second-order valence-electron chi connectivity index (χ2n) is 25.6. The Morgan fingerprint density at radius 1 is 0.511 bits per heavy atom. The van der Waals surface area contributed by atoms with Gasteiger partial charge in [-0.15, -0.1) is 0 Å². The molecule has 0 saturated carbocycles. The Kier molecular flexibility index (Phi) is 34.1. The predicted molar refractivity (Wildman–Crippen MR) is 362 cm³/mol. The Hall–Kier alpha value is -4.36. The minimum absolute atomic E-state index is 0. The van der Waals surface area contributed by atoms with Crippen LogP contribution in [0.1, 0.15) is 259 Å². The van der Waals surface area contributed by atoms with E-state index in [2.05, 4.69) is 18.6 Å². The van der Waals surface area contributed by atoms with Crippen molar-refractivity contribution in [2.24, 2.45) is 9.54 Å². The molecule has 4 aliphatic carbocycles. The maximum absolute atomic E-state index is 12.3. The van der Waals surface area contributed by atoms with E-state index in [-0.39, 0.29) is 100 Å². The van der Waals surface area contributed by atoms with Gasteiger partial charge in [0.05, 0.1) is 107 Å². The number of Topliss-reactive ketones (excluding diaryl/α,β-unsaturated/α-hetero) is 1. The maximum Gasteiger partial charge on any atom is 1.00 e. The minimum atomic E-state index is -1.26. The van der Waals surface area contributed by atoms with Gasteiger partial charge in [0, 0.05) is 32.5 Å². The molecule has 90 heavy (non-hydrogen) atoms. The maximum atomic E-state index is 12.3. The van der Waals surface area contributed by atoms with Crippen LogP contribution < -0.4 is 44.1 Å². The molecule has 4 aromatic rings. The third kappa shape index (κ3) is 25.2. The van der Waals surface area contributed by atoms with Gasteiger partial charge < -0.3 is 20.4 Å². The molecule has 17 nitrogen and oxygen atoms in total. The van der Waals surface area contributed by atoms with Crippen LogP contribution in [-0.4, -0.2) is 107 Å². The smallest absolute Gasteiger partial charge is 1.00 e. The molecule has 0 saturated heterocycles. The van der Waals surface area contributed by atoms with Crippen molar-refractivity contribution in [3.8, 4) is 0 Å². The molecule has 0 fully saturated rings. The normalized spacial score (nSPS) is 17.6. The fraction of sp³-hybridized carbons (Fsp3) is 0.552. The Balaban J connectivity index is 0.000000583. The number of rotatable bonds is 12. The van der Waals surface area contributed by atoms with Crippen LogP contribution in [0.5, 0.6) is 0 Å². The molecule has 23 heteroatoms. The summed E-state index contributed by atoms with van der Waals surface area (Å²) in [6.45, 7) is 29.6. The molecule has 3 radical (unpaired) electrons. The zero-order chi connectivity index (χ0) is 65.9. The number of nitrogens with zero attached hydrogens (tertiary/aromatic N) is 1. The second-order valence-corrected chi connectivity index (χ2v) is 33.3. The van der Waals surface area contributed by atoms with E-state index in [9.17, 15) is 40.8 Å². The van der Waals surface area contributed by atoms with Crippen molar-refractivity contribution in [3.63, 3.8) is 0 Å². The average Bonchev–Trinajstić information content (AvgIpc) is 0.952. The van der Waals surface area contributed by atoms with Crippen molar-refractivity contribution in [1.29, 1.82) is 0 Å². The van der Waals surface area contributed by atoms with Gasteiger partial charge in [-0.05, 0) is 262 Å². The average molecular weight is 1330 g/mol. The number of ether oxygens (including phenoxy) is 4. The zero-order valence-electron chi connectivity index (χ0n) is 57.2. The van der Waals surface area contributed by atoms with Gasteiger partial charge in [0.15, 0.2) is 5.78 Å². The van der Waals surface area contributed by atoms with Crippen LogP contribution in [0.15, 0.2) is 77.2 Å². The number of hydrogen-bond acceptors (Lipinski definition) is 13. The second kappa shape index (κ2) is 37.5. The SMILES string of the molecule is CC(C)(C)[S@](N)=O.CCOC(=O)c1ccc2c(c1)CCCC2=N[S@](=O)C(C)(C)C.CCOC(=O)c1ccc2c(c1)CCC[C@@H]2N[S@](=O)C(C)(C)C.CCOC(=O)c1ccc2c(c1)CCC[C@H]2N[S@](=O)C(C)(C)C.COC(=O)c1ccc2c(c1)CCCC2=O.[B].[H-].[Na+]. The van der Waals surface area contributed by atoms with Crippen LogP contribution in [0.3, 0.4) is 0 Å². The van der Waals surface area contributed by atoms with Gasteiger partial charge in [-0.2, -0.15) is 4.40 Å². The van der Waals surface area contributed by atoms with E-state index >= 15 is 0 Å². The van der Waals surface area contributed by atoms with Crippen LogP contribution in [0.2, 0.25) is 0 Å². The van der Waals surface area contributed by atoms with Gasteiger partial charge in [-0.1, -0.05) is 24.3 Å². The van der Waals surface area contributed by atoms with Gasteiger partial charge in [0.2, 0.25) is 0 Å². The van der Waals surface area contributed by atoms with E-state index in [1.54, 1.807) is 57.2 Å². The molecule has 4 N–H and O–H groups in total. The van der Waals surface area contributed by atoms with Crippen molar-refractivity contribution < 1.29 is 90.7 Å². The Bertz CT molecular complexity index is 3140. The molecule has 0 bridgehead atoms. The first kappa shape index (κ1) is 81.7. The number of fused-ring (bicyclic) bond motifs is 4. The molecule has 0 aromatic heterocycles. The molecule has 4 aliphatic rings. The predicted octanol–water partition coefficient (Wildman–Crippen LogP) is 9.17. The van der Waals surface area contributed by atoms with Gasteiger partial charge in [0.1, 0.15) is 11.0 Å². The molecule has 8 rings (SSSR count). The standard InChI is InChI=1S/2C17H25NO3S.C17H23NO3S.C12H12O3.C4H11NOS.B.Na.H/c3*1-5-21-16(19)13-9-10-14-12(11-13)7-6-8-15(14)18-22(20)17(2,3)4;1-15-12(14)9-5-6-10-8(7-9)3-2-4-11(10)13;1-4(2,3)7(5)6;;;/h2*9-11,15,18H,5-8H2,1-4H3;9-11H,5-8H2,1-4H3;5-7H,2-4H2,1H3;5H2,1-3H3;;;/q;;;;;;+1;-1/t15-,22+;15-,22-;22-;;7-;;;/m011.1.../s1. The van der Waals surface area contributed by atoms with E-state index in [0.717, 1.165) is 121 Å². The Morgan fingerprint density at radius 2 is 0.856 bits per heavy atom. The van der Waals surface area contributed by atoms with Gasteiger partial charge in [-0.3, -0.25) is 9.93 Å². The monoisotopic (exact) mass is 1330 g/mol. The summed E-state index contributed by atoms with van der Waals surface area (Å²) in [7, 11) is -3.29. The summed E-state index contributed by atoms with van der Waals surface area (Å²) < 4.78 is 76.8. The fourth-order valence-corrected chi connectivity index (χ4v) is 11.8. The summed E-state index contributed by atoms with van der Waals surface area (Å²) in [5, 5.41) is 5.04. The summed E-state index contributed by atoms with van der Waals surface area (Å²) in [6.07, 6.45) is 10.9. The number of hydrogen-bond donors (Lipinski definition) is 3. The van der Waals surface area contributed by atoms with E-state index < -0.39 is 43.9 Å². The topological polar surface area (TPSA) is 253 Å². The number of esters is 4. The third-order valence-electron chi connectivity index (χ3n) is 14.3. The molecular weight excluding hydrogens is 1230 g/mol. The molecular formula is C67H97BN4NaO13S4. The summed E-state index contributed by atoms with van der Waals surface area (Å²) in [5.41, 5.74) is 11.6. The van der Waals surface area contributed by atoms with Crippen LogP contribution in [0.25, 0.3) is 0 Å². The number of nitrogens with two attached hydrogens (primary N) is 1. The van der Waals surface area contributed by atoms with Gasteiger partial charge >= 0.3 is 53.4 Å². The quantitative estimate of drug-likeness (QED) is 0.0680. The van der Waals surface area contributed by atoms with Gasteiger partial charge in [-0.25, -0.2) is 45.5 Å². The van der Waals surface area contributed by atoms with Crippen molar-refractivity contribution in [1.82, 2.24) is 9.44 Å². The number of benzene rings is 4. The molecule has 491 valence electrons. The summed E-state index contributed by atoms with van der Waals surface area (Å²) in [4.78, 5) is 58.3. The van der Waals surface area contributed by atoms with E-state index in [1.165, 1.54) is 7.11 Å². The minimum Gasteiger partial charge on any atom is -1.00 e. The van der Waals surface area contributed by atoms with E-state index in [4.69, 9.17) is 19.3 Å². The van der Waals surface area contributed by atoms with Crippen LogP contribution >= 0.6 is 0 Å². The van der Waals surface area contributed by atoms with E-state index in [0.29, 0.717) is 48.5 Å². The van der Waals surface area contributed by atoms with Crippen molar-refractivity contribution in [2.75, 3.05) is 26.9 Å². The van der Waals surface area contributed by atoms with Crippen molar-refractivity contribution >= 4 is 87.7 Å². The van der Waals surface area contributed by atoms with Crippen LogP contribution in [-0.2, 0) is 88.6 Å². The zero-order valence-corrected chi connectivity index (χ0v) is 61.5. The fourth-order valence-electron chi connectivity index (χ4n) is 9.40. The summed E-state index contributed by atoms with van der Waals surface area (Å²) in [6, 6.07) is 22.2. The van der Waals surface area contributed by atoms with Crippen LogP contribution in [0, 0.1) is 0 Å². The Morgan fingerprint density at radius 3 is 1.22 bits per heavy atom. The molecule has 6 atom stereocenters. The Labute approximate surface area is 571 Å². The number of aryl methyl sites for hydroxylation is 4. The first-order valence-corrected chi connectivity index (χ1v) is 34.9. The van der Waals surface area contributed by atoms with E-state index in [1.807, 2.05) is 119 Å². The number of methoxy groups -OCH3 is 1. The summed E-state index contributed by atoms with van der Waals surface area (Å²) in [5.74, 6) is -1.03. The first-order chi connectivity index (χ1) is 41.1. The van der Waals surface area contributed by atoms with Crippen LogP contribution in [0.4, 0.5) is 0 Å². The largest absolute Gasteiger partial charge is 1.00 e. The molecule has 0 aliphatic heterocycles. The number of carbonyl (C=O) groups excluding carboxylic acids is 5. The molecule has 0 amide bonds. The first-order valence-electron chi connectivity index (χ1n) is 30.3. The number of ketones is 1. The summed E-state index contributed by atoms with van der Waals surface area (Å²) >= 11 is 0.